The molecule has 1 aliphatic rings. The highest BCUT2D eigenvalue weighted by Gasteiger charge is 2.22. The van der Waals surface area contributed by atoms with Crippen LogP contribution < -0.4 is 15.2 Å². The van der Waals surface area contributed by atoms with Gasteiger partial charge in [0.2, 0.25) is 0 Å². The number of nitrogens with zero attached hydrogens (tertiary/aromatic N) is 1. The standard InChI is InChI=1S/C16H24N2O4/c1-18-8-7-12(10-18)22-15-9-11(3-5-14(15)21-2)13(17)4-6-16(19)20/h3,5,9,12-13H,4,6-8,10,17H2,1-2H3,(H,19,20). The van der Waals surface area contributed by atoms with Crippen molar-refractivity contribution in [3.63, 3.8) is 0 Å². The Labute approximate surface area is 130 Å². The lowest BCUT2D eigenvalue weighted by Gasteiger charge is -2.19. The van der Waals surface area contributed by atoms with E-state index < -0.39 is 5.97 Å². The number of hydrogen-bond acceptors (Lipinski definition) is 5. The number of carboxylic acid groups (broad SMARTS) is 1. The smallest absolute Gasteiger partial charge is 0.303 e. The molecule has 1 fully saturated rings. The van der Waals surface area contributed by atoms with Crippen molar-refractivity contribution in [2.24, 2.45) is 5.73 Å². The van der Waals surface area contributed by atoms with Gasteiger partial charge in [0.1, 0.15) is 6.10 Å². The van der Waals surface area contributed by atoms with E-state index >= 15 is 0 Å². The Kier molecular flexibility index (Phi) is 5.63. The number of rotatable bonds is 7. The van der Waals surface area contributed by atoms with Gasteiger partial charge in [0.15, 0.2) is 11.5 Å². The number of aliphatic carboxylic acids is 1. The average Bonchev–Trinajstić information content (AvgIpc) is 2.89. The minimum atomic E-state index is -0.838. The number of hydrogen-bond donors (Lipinski definition) is 2. The van der Waals surface area contributed by atoms with E-state index in [4.69, 9.17) is 20.3 Å². The predicted octanol–water partition coefficient (Wildman–Crippen LogP) is 1.64. The molecule has 1 aliphatic heterocycles. The second kappa shape index (κ2) is 7.47. The van der Waals surface area contributed by atoms with Crippen molar-refractivity contribution < 1.29 is 19.4 Å². The molecule has 0 aromatic heterocycles. The van der Waals surface area contributed by atoms with Crippen molar-refractivity contribution in [1.82, 2.24) is 4.90 Å². The van der Waals surface area contributed by atoms with Gasteiger partial charge in [-0.25, -0.2) is 0 Å². The number of likely N-dealkylation sites (tertiary alicyclic amines) is 1. The van der Waals surface area contributed by atoms with Gasteiger partial charge < -0.3 is 25.2 Å². The fourth-order valence-corrected chi connectivity index (χ4v) is 2.63. The molecule has 2 rings (SSSR count). The van der Waals surface area contributed by atoms with E-state index in [1.165, 1.54) is 0 Å². The third-order valence-corrected chi connectivity index (χ3v) is 3.93. The second-order valence-electron chi connectivity index (χ2n) is 5.74. The maximum absolute atomic E-state index is 10.7. The Morgan fingerprint density at radius 1 is 1.50 bits per heavy atom. The molecule has 22 heavy (non-hydrogen) atoms. The Balaban J connectivity index is 2.09. The van der Waals surface area contributed by atoms with Crippen LogP contribution in [0.25, 0.3) is 0 Å². The van der Waals surface area contributed by atoms with Crippen LogP contribution in [0.4, 0.5) is 0 Å². The zero-order chi connectivity index (χ0) is 16.1. The molecule has 6 heteroatoms. The Morgan fingerprint density at radius 3 is 2.86 bits per heavy atom. The van der Waals surface area contributed by atoms with E-state index in [0.717, 1.165) is 25.1 Å². The number of benzene rings is 1. The molecule has 0 saturated carbocycles. The molecule has 3 N–H and O–H groups in total. The molecule has 0 aliphatic carbocycles. The highest BCUT2D eigenvalue weighted by molar-refractivity contribution is 5.66. The third-order valence-electron chi connectivity index (χ3n) is 3.93. The molecule has 0 spiro atoms. The summed E-state index contributed by atoms with van der Waals surface area (Å²) in [6, 6.07) is 5.22. The van der Waals surface area contributed by atoms with Gasteiger partial charge in [0, 0.05) is 25.6 Å². The van der Waals surface area contributed by atoms with Crippen LogP contribution in [-0.4, -0.2) is 49.3 Å². The summed E-state index contributed by atoms with van der Waals surface area (Å²) in [4.78, 5) is 12.9. The van der Waals surface area contributed by atoms with Crippen LogP contribution in [0.15, 0.2) is 18.2 Å². The molecule has 1 heterocycles. The van der Waals surface area contributed by atoms with Crippen LogP contribution in [0, 0.1) is 0 Å². The van der Waals surface area contributed by atoms with Crippen molar-refractivity contribution in [2.75, 3.05) is 27.2 Å². The molecule has 1 aromatic carbocycles. The van der Waals surface area contributed by atoms with Crippen molar-refractivity contribution >= 4 is 5.97 Å². The van der Waals surface area contributed by atoms with Crippen molar-refractivity contribution in [3.05, 3.63) is 23.8 Å². The summed E-state index contributed by atoms with van der Waals surface area (Å²) >= 11 is 0. The maximum Gasteiger partial charge on any atom is 0.303 e. The Morgan fingerprint density at radius 2 is 2.27 bits per heavy atom. The average molecular weight is 308 g/mol. The normalized spacial score (nSPS) is 19.9. The molecule has 2 unspecified atom stereocenters. The van der Waals surface area contributed by atoms with Crippen LogP contribution >= 0.6 is 0 Å². The first-order valence-corrected chi connectivity index (χ1v) is 7.50. The highest BCUT2D eigenvalue weighted by Crippen LogP contribution is 2.32. The lowest BCUT2D eigenvalue weighted by atomic mass is 10.0. The summed E-state index contributed by atoms with van der Waals surface area (Å²) in [7, 11) is 3.67. The minimum Gasteiger partial charge on any atom is -0.493 e. The predicted molar refractivity (Wildman–Crippen MR) is 83.3 cm³/mol. The van der Waals surface area contributed by atoms with Gasteiger partial charge in [0.25, 0.3) is 0 Å². The number of methoxy groups -OCH3 is 1. The van der Waals surface area contributed by atoms with Gasteiger partial charge in [-0.2, -0.15) is 0 Å². The first-order chi connectivity index (χ1) is 10.5. The molecule has 1 aromatic rings. The van der Waals surface area contributed by atoms with Gasteiger partial charge in [-0.1, -0.05) is 6.07 Å². The van der Waals surface area contributed by atoms with Crippen LogP contribution in [0.5, 0.6) is 11.5 Å². The lowest BCUT2D eigenvalue weighted by molar-refractivity contribution is -0.137. The van der Waals surface area contributed by atoms with E-state index in [2.05, 4.69) is 11.9 Å². The van der Waals surface area contributed by atoms with E-state index in [1.807, 2.05) is 18.2 Å². The highest BCUT2D eigenvalue weighted by atomic mass is 16.5. The minimum absolute atomic E-state index is 0.0524. The van der Waals surface area contributed by atoms with Crippen molar-refractivity contribution in [1.29, 1.82) is 0 Å². The fraction of sp³-hybridized carbons (Fsp3) is 0.562. The molecular formula is C16H24N2O4. The van der Waals surface area contributed by atoms with E-state index in [-0.39, 0.29) is 18.6 Å². The monoisotopic (exact) mass is 308 g/mol. The lowest BCUT2D eigenvalue weighted by Crippen LogP contribution is -2.22. The van der Waals surface area contributed by atoms with Gasteiger partial charge in [-0.05, 0) is 37.6 Å². The van der Waals surface area contributed by atoms with E-state index in [1.54, 1.807) is 7.11 Å². The number of ether oxygens (including phenoxy) is 2. The van der Waals surface area contributed by atoms with Crippen LogP contribution in [0.1, 0.15) is 30.9 Å². The molecular weight excluding hydrogens is 284 g/mol. The summed E-state index contributed by atoms with van der Waals surface area (Å²) in [5.41, 5.74) is 6.93. The summed E-state index contributed by atoms with van der Waals surface area (Å²) in [5, 5.41) is 8.76. The largest absolute Gasteiger partial charge is 0.493 e. The Hall–Kier alpha value is -1.79. The first kappa shape index (κ1) is 16.6. The van der Waals surface area contributed by atoms with Crippen LogP contribution in [0.2, 0.25) is 0 Å². The summed E-state index contributed by atoms with van der Waals surface area (Å²) < 4.78 is 11.4. The number of nitrogens with two attached hydrogens (primary N) is 1. The van der Waals surface area contributed by atoms with E-state index in [9.17, 15) is 4.79 Å². The van der Waals surface area contributed by atoms with Crippen LogP contribution in [0.3, 0.4) is 0 Å². The fourth-order valence-electron chi connectivity index (χ4n) is 2.63. The summed E-state index contributed by atoms with van der Waals surface area (Å²) in [5.74, 6) is 0.504. The molecule has 2 atom stereocenters. The molecule has 0 radical (unpaired) electrons. The number of carbonyl (C=O) groups is 1. The molecule has 0 bridgehead atoms. The zero-order valence-electron chi connectivity index (χ0n) is 13.1. The summed E-state index contributed by atoms with van der Waals surface area (Å²) in [6.07, 6.45) is 1.57. The van der Waals surface area contributed by atoms with Crippen LogP contribution in [-0.2, 0) is 4.79 Å². The molecule has 6 nitrogen and oxygen atoms in total. The maximum atomic E-state index is 10.7. The number of likely N-dealkylation sites (N-methyl/N-ethyl adjacent to an activating group) is 1. The third kappa shape index (κ3) is 4.35. The summed E-state index contributed by atoms with van der Waals surface area (Å²) in [6.45, 7) is 1.91. The molecule has 122 valence electrons. The van der Waals surface area contributed by atoms with Gasteiger partial charge in [0.05, 0.1) is 7.11 Å². The second-order valence-corrected chi connectivity index (χ2v) is 5.74. The first-order valence-electron chi connectivity index (χ1n) is 7.50. The van der Waals surface area contributed by atoms with Gasteiger partial charge in [-0.15, -0.1) is 0 Å². The SMILES string of the molecule is COc1ccc(C(N)CCC(=O)O)cc1OC1CCN(C)C1. The van der Waals surface area contributed by atoms with Gasteiger partial charge in [-0.3, -0.25) is 4.79 Å². The zero-order valence-corrected chi connectivity index (χ0v) is 13.1. The quantitative estimate of drug-likeness (QED) is 0.796. The van der Waals surface area contributed by atoms with Crippen molar-refractivity contribution in [3.8, 4) is 11.5 Å². The Bertz CT molecular complexity index is 521. The van der Waals surface area contributed by atoms with E-state index in [0.29, 0.717) is 17.9 Å². The molecule has 1 saturated heterocycles. The van der Waals surface area contributed by atoms with Crippen molar-refractivity contribution in [2.45, 2.75) is 31.4 Å². The number of carboxylic acids is 1. The van der Waals surface area contributed by atoms with Gasteiger partial charge >= 0.3 is 5.97 Å². The topological polar surface area (TPSA) is 85.0 Å². The molecule has 0 amide bonds.